The van der Waals surface area contributed by atoms with Gasteiger partial charge in [-0.3, -0.25) is 14.9 Å². The van der Waals surface area contributed by atoms with Gasteiger partial charge in [-0.15, -0.1) is 0 Å². The fraction of sp³-hybridized carbons (Fsp3) is 0.333. The molecule has 1 aromatic rings. The van der Waals surface area contributed by atoms with Crippen LogP contribution in [-0.2, 0) is 0 Å². The highest BCUT2D eigenvalue weighted by atomic mass is 16.6. The molecule has 64 valence electrons. The van der Waals surface area contributed by atoms with E-state index in [1.165, 1.54) is 19.3 Å². The summed E-state index contributed by atoms with van der Waals surface area (Å²) >= 11 is 0. The maximum absolute atomic E-state index is 11.1. The number of imidazole rings is 1. The van der Waals surface area contributed by atoms with E-state index in [0.717, 1.165) is 0 Å². The van der Waals surface area contributed by atoms with Crippen LogP contribution in [0.4, 0.5) is 0 Å². The Labute approximate surface area is 67.8 Å². The lowest BCUT2D eigenvalue weighted by molar-refractivity contribution is -0.500. The van der Waals surface area contributed by atoms with Crippen LogP contribution in [-0.4, -0.2) is 26.7 Å². The van der Waals surface area contributed by atoms with Crippen LogP contribution in [0.1, 0.15) is 17.5 Å². The molecule has 0 aromatic carbocycles. The summed E-state index contributed by atoms with van der Waals surface area (Å²) in [4.78, 5) is 26.8. The van der Waals surface area contributed by atoms with E-state index in [1.54, 1.807) is 0 Å². The van der Waals surface area contributed by atoms with Gasteiger partial charge < -0.3 is 4.98 Å². The second kappa shape index (κ2) is 3.12. The van der Waals surface area contributed by atoms with Crippen molar-refractivity contribution in [2.75, 3.05) is 0 Å². The fourth-order valence-electron chi connectivity index (χ4n) is 0.694. The van der Waals surface area contributed by atoms with Crippen molar-refractivity contribution >= 4 is 5.78 Å². The Balaban J connectivity index is 2.79. The first-order valence-electron chi connectivity index (χ1n) is 3.30. The molecule has 1 aromatic heterocycles. The molecule has 1 atom stereocenters. The maximum Gasteiger partial charge on any atom is 0.275 e. The number of hydrogen-bond donors (Lipinski definition) is 1. The molecular formula is C6H7N3O3. The molecule has 1 unspecified atom stereocenters. The third-order valence-electron chi connectivity index (χ3n) is 1.43. The van der Waals surface area contributed by atoms with E-state index in [-0.39, 0.29) is 5.82 Å². The van der Waals surface area contributed by atoms with E-state index in [9.17, 15) is 14.9 Å². The monoisotopic (exact) mass is 169 g/mol. The van der Waals surface area contributed by atoms with Gasteiger partial charge >= 0.3 is 0 Å². The van der Waals surface area contributed by atoms with Crippen molar-refractivity contribution in [2.24, 2.45) is 0 Å². The van der Waals surface area contributed by atoms with Crippen LogP contribution in [0.25, 0.3) is 0 Å². The Hall–Kier alpha value is -1.72. The number of nitro groups is 1. The van der Waals surface area contributed by atoms with Crippen molar-refractivity contribution in [1.82, 2.24) is 9.97 Å². The van der Waals surface area contributed by atoms with Gasteiger partial charge in [-0.1, -0.05) is 0 Å². The highest BCUT2D eigenvalue weighted by molar-refractivity contribution is 5.95. The molecular weight excluding hydrogens is 162 g/mol. The number of carbonyl (C=O) groups is 1. The lowest BCUT2D eigenvalue weighted by atomic mass is 10.2. The summed E-state index contributed by atoms with van der Waals surface area (Å²) in [5, 5.41) is 10.2. The second-order valence-electron chi connectivity index (χ2n) is 2.26. The number of hydrogen-bond acceptors (Lipinski definition) is 4. The molecule has 0 fully saturated rings. The van der Waals surface area contributed by atoms with Gasteiger partial charge in [0.15, 0.2) is 5.82 Å². The molecule has 1 N–H and O–H groups in total. The van der Waals surface area contributed by atoms with Crippen LogP contribution < -0.4 is 0 Å². The van der Waals surface area contributed by atoms with Gasteiger partial charge in [0.25, 0.3) is 11.8 Å². The van der Waals surface area contributed by atoms with Gasteiger partial charge in [-0.2, -0.15) is 0 Å². The van der Waals surface area contributed by atoms with E-state index in [1.807, 2.05) is 0 Å². The standard InChI is InChI=1S/C6H7N3O3/c1-4(9(11)12)5(10)6-7-2-3-8-6/h2-4H,1H3,(H,7,8). The number of carbonyl (C=O) groups excluding carboxylic acids is 1. The average Bonchev–Trinajstić information content (AvgIpc) is 2.53. The molecule has 6 heteroatoms. The van der Waals surface area contributed by atoms with Crippen LogP contribution in [0, 0.1) is 10.1 Å². The molecule has 0 spiro atoms. The summed E-state index contributed by atoms with van der Waals surface area (Å²) in [6, 6.07) is -1.24. The van der Waals surface area contributed by atoms with Crippen molar-refractivity contribution in [3.8, 4) is 0 Å². The Morgan fingerprint density at radius 3 is 2.92 bits per heavy atom. The quantitative estimate of drug-likeness (QED) is 0.399. The second-order valence-corrected chi connectivity index (χ2v) is 2.26. The van der Waals surface area contributed by atoms with Gasteiger partial charge in [-0.25, -0.2) is 4.98 Å². The predicted molar refractivity (Wildman–Crippen MR) is 39.4 cm³/mol. The predicted octanol–water partition coefficient (Wildman–Crippen LogP) is 0.258. The van der Waals surface area contributed by atoms with E-state index >= 15 is 0 Å². The van der Waals surface area contributed by atoms with Crippen molar-refractivity contribution in [3.05, 3.63) is 28.3 Å². The minimum atomic E-state index is -1.24. The molecule has 0 amide bonds. The highest BCUT2D eigenvalue weighted by Gasteiger charge is 2.26. The Bertz CT molecular complexity index is 293. The summed E-state index contributed by atoms with van der Waals surface area (Å²) in [6.07, 6.45) is 2.82. The third kappa shape index (κ3) is 1.47. The molecule has 0 saturated heterocycles. The normalized spacial score (nSPS) is 12.4. The first-order valence-corrected chi connectivity index (χ1v) is 3.30. The van der Waals surface area contributed by atoms with Gasteiger partial charge in [0.05, 0.1) is 0 Å². The molecule has 0 aliphatic carbocycles. The number of nitrogens with zero attached hydrogens (tertiary/aromatic N) is 2. The van der Waals surface area contributed by atoms with Gasteiger partial charge in [-0.05, 0) is 0 Å². The molecule has 1 heterocycles. The number of aromatic nitrogens is 2. The van der Waals surface area contributed by atoms with Gasteiger partial charge in [0.2, 0.25) is 0 Å². The zero-order valence-electron chi connectivity index (χ0n) is 6.35. The number of rotatable bonds is 3. The van der Waals surface area contributed by atoms with Gasteiger partial charge in [0, 0.05) is 24.2 Å². The lowest BCUT2D eigenvalue weighted by Gasteiger charge is -1.98. The van der Waals surface area contributed by atoms with Crippen LogP contribution in [0.3, 0.4) is 0 Å². The summed E-state index contributed by atoms with van der Waals surface area (Å²) < 4.78 is 0. The smallest absolute Gasteiger partial charge is 0.275 e. The van der Waals surface area contributed by atoms with Crippen molar-refractivity contribution in [2.45, 2.75) is 13.0 Å². The number of aromatic amines is 1. The first kappa shape index (κ1) is 8.38. The van der Waals surface area contributed by atoms with E-state index < -0.39 is 16.7 Å². The molecule has 0 aliphatic rings. The van der Waals surface area contributed by atoms with Crippen molar-refractivity contribution < 1.29 is 9.72 Å². The van der Waals surface area contributed by atoms with Gasteiger partial charge in [0.1, 0.15) is 0 Å². The first-order chi connectivity index (χ1) is 5.63. The molecule has 0 aliphatic heterocycles. The summed E-state index contributed by atoms with van der Waals surface area (Å²) in [6.45, 7) is 1.23. The maximum atomic E-state index is 11.1. The Morgan fingerprint density at radius 1 is 1.83 bits per heavy atom. The number of Topliss-reactive ketones (excluding diaryl/α,β-unsaturated/α-hetero) is 1. The number of H-pyrrole nitrogens is 1. The minimum absolute atomic E-state index is 0.0270. The molecule has 1 rings (SSSR count). The van der Waals surface area contributed by atoms with Crippen molar-refractivity contribution in [1.29, 1.82) is 0 Å². The topological polar surface area (TPSA) is 88.9 Å². The van der Waals surface area contributed by atoms with E-state index in [2.05, 4.69) is 9.97 Å². The zero-order valence-corrected chi connectivity index (χ0v) is 6.35. The molecule has 0 bridgehead atoms. The minimum Gasteiger partial charge on any atom is -0.342 e. The molecule has 0 saturated carbocycles. The third-order valence-corrected chi connectivity index (χ3v) is 1.43. The van der Waals surface area contributed by atoms with E-state index in [4.69, 9.17) is 0 Å². The molecule has 0 radical (unpaired) electrons. The van der Waals surface area contributed by atoms with Crippen LogP contribution in [0.2, 0.25) is 0 Å². The zero-order chi connectivity index (χ0) is 9.14. The van der Waals surface area contributed by atoms with E-state index in [0.29, 0.717) is 0 Å². The number of nitrogens with one attached hydrogen (secondary N) is 1. The lowest BCUT2D eigenvalue weighted by Crippen LogP contribution is -2.26. The molecule has 6 nitrogen and oxygen atoms in total. The average molecular weight is 169 g/mol. The molecule has 12 heavy (non-hydrogen) atoms. The van der Waals surface area contributed by atoms with Crippen LogP contribution in [0.5, 0.6) is 0 Å². The number of ketones is 1. The summed E-state index contributed by atoms with van der Waals surface area (Å²) in [5.41, 5.74) is 0. The largest absolute Gasteiger partial charge is 0.342 e. The fourth-order valence-corrected chi connectivity index (χ4v) is 0.694. The Morgan fingerprint density at radius 2 is 2.50 bits per heavy atom. The SMILES string of the molecule is CC(C(=O)c1ncc[nH]1)[N+](=O)[O-]. The Kier molecular flexibility index (Phi) is 2.18. The highest BCUT2D eigenvalue weighted by Crippen LogP contribution is 1.98. The van der Waals surface area contributed by atoms with Crippen LogP contribution >= 0.6 is 0 Å². The van der Waals surface area contributed by atoms with Crippen molar-refractivity contribution in [3.63, 3.8) is 0 Å². The summed E-state index contributed by atoms with van der Waals surface area (Å²) in [7, 11) is 0. The summed E-state index contributed by atoms with van der Waals surface area (Å²) in [5.74, 6) is -0.579. The van der Waals surface area contributed by atoms with Crippen LogP contribution in [0.15, 0.2) is 12.4 Å².